The van der Waals surface area contributed by atoms with Gasteiger partial charge in [0, 0.05) is 4.88 Å². The van der Waals surface area contributed by atoms with Crippen LogP contribution >= 0.6 is 23.1 Å². The van der Waals surface area contributed by atoms with E-state index in [9.17, 15) is 0 Å². The molecule has 2 rings (SSSR count). The quantitative estimate of drug-likeness (QED) is 0.726. The van der Waals surface area contributed by atoms with Crippen LogP contribution in [0.3, 0.4) is 0 Å². The van der Waals surface area contributed by atoms with E-state index in [0.717, 1.165) is 0 Å². The molecule has 0 unspecified atom stereocenters. The maximum absolute atomic E-state index is 4.47. The largest absolute Gasteiger partial charge is 0.247 e. The Morgan fingerprint density at radius 2 is 2.08 bits per heavy atom. The van der Waals surface area contributed by atoms with Crippen molar-refractivity contribution in [2.75, 3.05) is 6.26 Å². The molecule has 3 heteroatoms. The summed E-state index contributed by atoms with van der Waals surface area (Å²) in [6, 6.07) is 0. The normalized spacial score (nSPS) is 19.6. The van der Waals surface area contributed by atoms with Crippen LogP contribution in [0.1, 0.15) is 28.4 Å². The molecule has 1 nitrogen and oxygen atoms in total. The second kappa shape index (κ2) is 2.74. The molecule has 1 heterocycles. The molecule has 0 N–H and O–H groups in total. The molecule has 12 heavy (non-hydrogen) atoms. The molecule has 0 aromatic carbocycles. The molecule has 1 fully saturated rings. The molecular weight excluding hydrogens is 186 g/mol. The Morgan fingerprint density at radius 1 is 1.42 bits per heavy atom. The lowest BCUT2D eigenvalue weighted by atomic mass is 10.3. The molecule has 0 bridgehead atoms. The van der Waals surface area contributed by atoms with Crippen molar-refractivity contribution in [2.24, 2.45) is 0 Å². The number of thioether (sulfide) groups is 1. The van der Waals surface area contributed by atoms with Gasteiger partial charge in [0.15, 0.2) is 0 Å². The SMILES string of the molecule is CSC1(c2sc(C)nc2C)CC1. The molecule has 66 valence electrons. The molecule has 1 aromatic rings. The fraction of sp³-hybridized carbons (Fsp3) is 0.667. The van der Waals surface area contributed by atoms with Gasteiger partial charge in [0.05, 0.1) is 15.4 Å². The first kappa shape index (κ1) is 8.57. The molecule has 0 atom stereocenters. The van der Waals surface area contributed by atoms with Crippen molar-refractivity contribution in [2.45, 2.75) is 31.4 Å². The molecule has 1 saturated carbocycles. The highest BCUT2D eigenvalue weighted by Gasteiger charge is 2.46. The van der Waals surface area contributed by atoms with Gasteiger partial charge >= 0.3 is 0 Å². The van der Waals surface area contributed by atoms with Crippen LogP contribution in [-0.2, 0) is 4.75 Å². The van der Waals surface area contributed by atoms with E-state index in [4.69, 9.17) is 0 Å². The summed E-state index contributed by atoms with van der Waals surface area (Å²) in [4.78, 5) is 5.99. The van der Waals surface area contributed by atoms with Crippen molar-refractivity contribution < 1.29 is 0 Å². The summed E-state index contributed by atoms with van der Waals surface area (Å²) in [7, 11) is 0. The van der Waals surface area contributed by atoms with Gasteiger partial charge in [0.2, 0.25) is 0 Å². The van der Waals surface area contributed by atoms with Gasteiger partial charge in [-0.05, 0) is 32.9 Å². The van der Waals surface area contributed by atoms with Crippen LogP contribution in [0, 0.1) is 13.8 Å². The van der Waals surface area contributed by atoms with E-state index in [1.807, 2.05) is 23.1 Å². The molecule has 0 amide bonds. The highest BCUT2D eigenvalue weighted by atomic mass is 32.2. The first-order chi connectivity index (χ1) is 5.68. The molecule has 0 spiro atoms. The predicted molar refractivity (Wildman–Crippen MR) is 56.0 cm³/mol. The Bertz CT molecular complexity index is 299. The Kier molecular flexibility index (Phi) is 1.96. The summed E-state index contributed by atoms with van der Waals surface area (Å²) in [6.07, 6.45) is 4.90. The first-order valence-electron chi connectivity index (χ1n) is 4.17. The number of thiazole rings is 1. The molecule has 1 aromatic heterocycles. The minimum Gasteiger partial charge on any atom is -0.247 e. The Hall–Kier alpha value is -0.0200. The zero-order valence-corrected chi connectivity index (χ0v) is 9.31. The number of rotatable bonds is 2. The zero-order chi connectivity index (χ0) is 8.77. The van der Waals surface area contributed by atoms with Crippen molar-refractivity contribution in [3.05, 3.63) is 15.6 Å². The second-order valence-electron chi connectivity index (χ2n) is 3.35. The molecule has 0 radical (unpaired) electrons. The van der Waals surface area contributed by atoms with Gasteiger partial charge in [0.1, 0.15) is 0 Å². The highest BCUT2D eigenvalue weighted by molar-refractivity contribution is 7.99. The molecular formula is C9H13NS2. The fourth-order valence-corrected chi connectivity index (χ4v) is 3.87. The third-order valence-corrected chi connectivity index (χ3v) is 5.21. The summed E-state index contributed by atoms with van der Waals surface area (Å²) in [5.74, 6) is 0. The lowest BCUT2D eigenvalue weighted by molar-refractivity contribution is 1.03. The van der Waals surface area contributed by atoms with E-state index >= 15 is 0 Å². The molecule has 1 aliphatic rings. The average Bonchev–Trinajstić information content (AvgIpc) is 2.74. The lowest BCUT2D eigenvalue weighted by Gasteiger charge is -2.08. The van der Waals surface area contributed by atoms with Crippen LogP contribution in [0.2, 0.25) is 0 Å². The summed E-state index contributed by atoms with van der Waals surface area (Å²) in [5, 5.41) is 1.21. The monoisotopic (exact) mass is 199 g/mol. The number of hydrogen-bond donors (Lipinski definition) is 0. The van der Waals surface area contributed by atoms with Crippen LogP contribution < -0.4 is 0 Å². The van der Waals surface area contributed by atoms with Gasteiger partial charge in [-0.15, -0.1) is 11.3 Å². The van der Waals surface area contributed by atoms with Crippen molar-refractivity contribution in [1.29, 1.82) is 0 Å². The van der Waals surface area contributed by atoms with E-state index in [2.05, 4.69) is 25.1 Å². The topological polar surface area (TPSA) is 12.9 Å². The second-order valence-corrected chi connectivity index (χ2v) is 5.74. The van der Waals surface area contributed by atoms with Crippen LogP contribution in [0.4, 0.5) is 0 Å². The summed E-state index contributed by atoms with van der Waals surface area (Å²) in [6.45, 7) is 4.23. The molecule has 0 aliphatic heterocycles. The standard InChI is InChI=1S/C9H13NS2/c1-6-8(12-7(2)10-6)9(11-3)4-5-9/h4-5H2,1-3H3. The lowest BCUT2D eigenvalue weighted by Crippen LogP contribution is -1.98. The maximum Gasteiger partial charge on any atom is 0.0900 e. The van der Waals surface area contributed by atoms with Gasteiger partial charge in [-0.2, -0.15) is 11.8 Å². The van der Waals surface area contributed by atoms with Gasteiger partial charge in [0.25, 0.3) is 0 Å². The van der Waals surface area contributed by atoms with Crippen molar-refractivity contribution in [3.8, 4) is 0 Å². The minimum absolute atomic E-state index is 0.468. The Balaban J connectivity index is 2.39. The van der Waals surface area contributed by atoms with Gasteiger partial charge in [-0.25, -0.2) is 4.98 Å². The number of aryl methyl sites for hydroxylation is 2. The van der Waals surface area contributed by atoms with E-state index < -0.39 is 0 Å². The Morgan fingerprint density at radius 3 is 2.42 bits per heavy atom. The molecule has 1 aliphatic carbocycles. The predicted octanol–water partition coefficient (Wildman–Crippen LogP) is 3.11. The van der Waals surface area contributed by atoms with Crippen LogP contribution in [0.15, 0.2) is 0 Å². The van der Waals surface area contributed by atoms with Gasteiger partial charge in [-0.3, -0.25) is 0 Å². The van der Waals surface area contributed by atoms with E-state index in [1.165, 1.54) is 28.4 Å². The zero-order valence-electron chi connectivity index (χ0n) is 7.68. The average molecular weight is 199 g/mol. The summed E-state index contributed by atoms with van der Waals surface area (Å²) >= 11 is 3.87. The number of hydrogen-bond acceptors (Lipinski definition) is 3. The van der Waals surface area contributed by atoms with Crippen LogP contribution in [0.5, 0.6) is 0 Å². The van der Waals surface area contributed by atoms with Gasteiger partial charge < -0.3 is 0 Å². The van der Waals surface area contributed by atoms with E-state index in [-0.39, 0.29) is 0 Å². The minimum atomic E-state index is 0.468. The fourth-order valence-electron chi connectivity index (χ4n) is 1.59. The highest BCUT2D eigenvalue weighted by Crippen LogP contribution is 2.58. The number of nitrogens with zero attached hydrogens (tertiary/aromatic N) is 1. The van der Waals surface area contributed by atoms with Crippen LogP contribution in [0.25, 0.3) is 0 Å². The van der Waals surface area contributed by atoms with Crippen molar-refractivity contribution in [1.82, 2.24) is 4.98 Å². The third-order valence-electron chi connectivity index (χ3n) is 2.41. The first-order valence-corrected chi connectivity index (χ1v) is 6.22. The molecule has 0 saturated heterocycles. The van der Waals surface area contributed by atoms with E-state index in [0.29, 0.717) is 4.75 Å². The number of aromatic nitrogens is 1. The third kappa shape index (κ3) is 1.19. The summed E-state index contributed by atoms with van der Waals surface area (Å²) in [5.41, 5.74) is 1.25. The maximum atomic E-state index is 4.47. The van der Waals surface area contributed by atoms with Crippen molar-refractivity contribution in [3.63, 3.8) is 0 Å². The van der Waals surface area contributed by atoms with E-state index in [1.54, 1.807) is 0 Å². The summed E-state index contributed by atoms with van der Waals surface area (Å²) < 4.78 is 0.468. The van der Waals surface area contributed by atoms with Crippen molar-refractivity contribution >= 4 is 23.1 Å². The van der Waals surface area contributed by atoms with Gasteiger partial charge in [-0.1, -0.05) is 0 Å². The smallest absolute Gasteiger partial charge is 0.0900 e. The van der Waals surface area contributed by atoms with Crippen LogP contribution in [-0.4, -0.2) is 11.2 Å². The Labute approximate surface area is 81.6 Å².